The number of amides is 1. The van der Waals surface area contributed by atoms with E-state index in [2.05, 4.69) is 11.4 Å². The summed E-state index contributed by atoms with van der Waals surface area (Å²) in [5.41, 5.74) is 5.37. The van der Waals surface area contributed by atoms with Gasteiger partial charge in [-0.3, -0.25) is 4.79 Å². The first-order valence-corrected chi connectivity index (χ1v) is 10.6. The molecule has 3 aromatic rings. The van der Waals surface area contributed by atoms with Gasteiger partial charge < -0.3 is 15.2 Å². The molecule has 158 valence electrons. The zero-order chi connectivity index (χ0) is 21.6. The van der Waals surface area contributed by atoms with E-state index < -0.39 is 11.2 Å². The lowest BCUT2D eigenvalue weighted by Gasteiger charge is -2.18. The second-order valence-corrected chi connectivity index (χ2v) is 8.49. The molecule has 5 rings (SSSR count). The highest BCUT2D eigenvalue weighted by Crippen LogP contribution is 2.50. The van der Waals surface area contributed by atoms with Crippen LogP contribution in [-0.4, -0.2) is 17.6 Å². The van der Waals surface area contributed by atoms with Gasteiger partial charge in [0, 0.05) is 12.1 Å². The lowest BCUT2D eigenvalue weighted by molar-refractivity contribution is -0.118. The Morgan fingerprint density at radius 2 is 1.97 bits per heavy atom. The van der Waals surface area contributed by atoms with Gasteiger partial charge in [0.25, 0.3) is 0 Å². The van der Waals surface area contributed by atoms with Gasteiger partial charge in [-0.05, 0) is 89.5 Å². The maximum Gasteiger partial charge on any atom is 0.235 e. The molecule has 0 spiro atoms. The van der Waals surface area contributed by atoms with Gasteiger partial charge in [0.2, 0.25) is 5.91 Å². The molecule has 0 aromatic heterocycles. The van der Waals surface area contributed by atoms with E-state index in [1.807, 2.05) is 37.3 Å². The molecule has 1 saturated carbocycles. The van der Waals surface area contributed by atoms with Crippen LogP contribution in [0.2, 0.25) is 0 Å². The molecular weight excluding hydrogens is 393 g/mol. The number of carbonyl (C=O) groups is 1. The van der Waals surface area contributed by atoms with Crippen LogP contribution < -0.4 is 10.1 Å². The van der Waals surface area contributed by atoms with Crippen molar-refractivity contribution < 1.29 is 19.0 Å². The number of nitrogens with one attached hydrogen (secondary N) is 1. The Morgan fingerprint density at radius 3 is 2.74 bits per heavy atom. The highest BCUT2D eigenvalue weighted by molar-refractivity contribution is 6.02. The molecule has 0 radical (unpaired) electrons. The highest BCUT2D eigenvalue weighted by atomic mass is 19.1. The van der Waals surface area contributed by atoms with Crippen LogP contribution in [0, 0.1) is 12.7 Å². The fourth-order valence-electron chi connectivity index (χ4n) is 4.41. The van der Waals surface area contributed by atoms with Crippen LogP contribution in [0.1, 0.15) is 35.1 Å². The van der Waals surface area contributed by atoms with Gasteiger partial charge in [0.1, 0.15) is 11.6 Å². The summed E-state index contributed by atoms with van der Waals surface area (Å²) in [5.74, 6) is 0.504. The Kier molecular flexibility index (Phi) is 4.78. The third-order valence-electron chi connectivity index (χ3n) is 6.37. The Bertz CT molecular complexity index is 1180. The van der Waals surface area contributed by atoms with Gasteiger partial charge in [-0.2, -0.15) is 0 Å². The molecule has 1 aliphatic heterocycles. The largest absolute Gasteiger partial charge is 0.493 e. The number of hydrogen-bond acceptors (Lipinski definition) is 3. The van der Waals surface area contributed by atoms with Crippen LogP contribution in [0.25, 0.3) is 11.1 Å². The predicted molar refractivity (Wildman–Crippen MR) is 118 cm³/mol. The smallest absolute Gasteiger partial charge is 0.235 e. The third-order valence-corrected chi connectivity index (χ3v) is 6.37. The summed E-state index contributed by atoms with van der Waals surface area (Å²) in [6.07, 6.45) is 2.52. The Labute approximate surface area is 180 Å². The summed E-state index contributed by atoms with van der Waals surface area (Å²) in [6, 6.07) is 16.3. The maximum absolute atomic E-state index is 14.0. The van der Waals surface area contributed by atoms with E-state index in [4.69, 9.17) is 4.74 Å². The molecule has 2 aliphatic rings. The molecule has 0 bridgehead atoms. The van der Waals surface area contributed by atoms with Gasteiger partial charge >= 0.3 is 0 Å². The van der Waals surface area contributed by atoms with Crippen LogP contribution in [0.4, 0.5) is 10.1 Å². The third kappa shape index (κ3) is 3.59. The van der Waals surface area contributed by atoms with E-state index in [-0.39, 0.29) is 12.5 Å². The van der Waals surface area contributed by atoms with Crippen LogP contribution in [0.3, 0.4) is 0 Å². The summed E-state index contributed by atoms with van der Waals surface area (Å²) in [6.45, 7) is 2.41. The number of hydrogen-bond donors (Lipinski definition) is 2. The van der Waals surface area contributed by atoms with Crippen LogP contribution in [-0.2, 0) is 23.2 Å². The van der Waals surface area contributed by atoms with E-state index in [1.54, 1.807) is 6.07 Å². The first-order chi connectivity index (χ1) is 15.0. The predicted octanol–water partition coefficient (Wildman–Crippen LogP) is 4.90. The minimum absolute atomic E-state index is 0.0172. The SMILES string of the molecule is Cc1ccc(NC(=O)C2(c3ccc4c(c3)CCO4)CC2)cc1-c1cc(F)cc(CO)c1. The lowest BCUT2D eigenvalue weighted by Crippen LogP contribution is -2.27. The zero-order valence-corrected chi connectivity index (χ0v) is 17.4. The average Bonchev–Trinajstić information content (AvgIpc) is 3.45. The Balaban J connectivity index is 1.42. The molecule has 1 heterocycles. The van der Waals surface area contributed by atoms with Crippen molar-refractivity contribution in [1.29, 1.82) is 0 Å². The minimum Gasteiger partial charge on any atom is -0.493 e. The Hall–Kier alpha value is -3.18. The molecule has 0 saturated heterocycles. The van der Waals surface area contributed by atoms with Gasteiger partial charge in [-0.1, -0.05) is 18.2 Å². The Morgan fingerprint density at radius 1 is 1.13 bits per heavy atom. The number of ether oxygens (including phenoxy) is 1. The molecule has 1 fully saturated rings. The fraction of sp³-hybridized carbons (Fsp3) is 0.269. The number of aryl methyl sites for hydroxylation is 1. The van der Waals surface area contributed by atoms with Crippen molar-refractivity contribution in [3.63, 3.8) is 0 Å². The molecule has 2 N–H and O–H groups in total. The molecule has 0 atom stereocenters. The number of halogens is 1. The number of anilines is 1. The standard InChI is InChI=1S/C26H24FNO3/c1-16-2-4-22(14-23(16)19-10-17(15-29)11-21(27)13-19)28-25(30)26(7-8-26)20-3-5-24-18(12-20)6-9-31-24/h2-5,10-14,29H,6-9,15H2,1H3,(H,28,30). The van der Waals surface area contributed by atoms with E-state index >= 15 is 0 Å². The van der Waals surface area contributed by atoms with Gasteiger partial charge in [0.15, 0.2) is 0 Å². The number of fused-ring (bicyclic) bond motifs is 1. The summed E-state index contributed by atoms with van der Waals surface area (Å²) >= 11 is 0. The number of aliphatic hydroxyl groups is 1. The van der Waals surface area contributed by atoms with Crippen molar-refractivity contribution >= 4 is 11.6 Å². The number of benzene rings is 3. The van der Waals surface area contributed by atoms with Crippen molar-refractivity contribution in [2.75, 3.05) is 11.9 Å². The molecular formula is C26H24FNO3. The van der Waals surface area contributed by atoms with Crippen molar-refractivity contribution in [1.82, 2.24) is 0 Å². The molecule has 1 aliphatic carbocycles. The molecule has 3 aromatic carbocycles. The first-order valence-electron chi connectivity index (χ1n) is 10.6. The number of aliphatic hydroxyl groups excluding tert-OH is 1. The van der Waals surface area contributed by atoms with Crippen LogP contribution in [0.15, 0.2) is 54.6 Å². The summed E-state index contributed by atoms with van der Waals surface area (Å²) < 4.78 is 19.6. The first kappa shape index (κ1) is 19.8. The average molecular weight is 417 g/mol. The lowest BCUT2D eigenvalue weighted by atomic mass is 9.92. The van der Waals surface area contributed by atoms with Gasteiger partial charge in [0.05, 0.1) is 18.6 Å². The van der Waals surface area contributed by atoms with E-state index in [0.29, 0.717) is 23.4 Å². The summed E-state index contributed by atoms with van der Waals surface area (Å²) in [5, 5.41) is 12.5. The minimum atomic E-state index is -0.494. The van der Waals surface area contributed by atoms with Crippen molar-refractivity contribution in [2.45, 2.75) is 38.2 Å². The van der Waals surface area contributed by atoms with E-state index in [1.165, 1.54) is 17.7 Å². The number of carbonyl (C=O) groups excluding carboxylic acids is 1. The van der Waals surface area contributed by atoms with Crippen molar-refractivity contribution in [3.8, 4) is 16.9 Å². The second-order valence-electron chi connectivity index (χ2n) is 8.49. The topological polar surface area (TPSA) is 58.6 Å². The summed E-state index contributed by atoms with van der Waals surface area (Å²) in [4.78, 5) is 13.2. The molecule has 1 amide bonds. The number of rotatable bonds is 5. The van der Waals surface area contributed by atoms with Gasteiger partial charge in [-0.25, -0.2) is 4.39 Å². The quantitative estimate of drug-likeness (QED) is 0.621. The second kappa shape index (κ2) is 7.50. The highest BCUT2D eigenvalue weighted by Gasteiger charge is 2.51. The van der Waals surface area contributed by atoms with Crippen molar-refractivity contribution in [2.24, 2.45) is 0 Å². The fourth-order valence-corrected chi connectivity index (χ4v) is 4.41. The zero-order valence-electron chi connectivity index (χ0n) is 17.4. The molecule has 0 unspecified atom stereocenters. The maximum atomic E-state index is 14.0. The normalized spacial score (nSPS) is 15.8. The van der Waals surface area contributed by atoms with Gasteiger partial charge in [-0.15, -0.1) is 0 Å². The molecule has 4 nitrogen and oxygen atoms in total. The van der Waals surface area contributed by atoms with Crippen LogP contribution in [0.5, 0.6) is 5.75 Å². The van der Waals surface area contributed by atoms with E-state index in [9.17, 15) is 14.3 Å². The van der Waals surface area contributed by atoms with Crippen LogP contribution >= 0.6 is 0 Å². The molecule has 5 heteroatoms. The monoisotopic (exact) mass is 417 g/mol. The van der Waals surface area contributed by atoms with E-state index in [0.717, 1.165) is 41.7 Å². The molecule has 31 heavy (non-hydrogen) atoms. The van der Waals surface area contributed by atoms with Crippen molar-refractivity contribution in [3.05, 3.63) is 82.7 Å². The summed E-state index contributed by atoms with van der Waals surface area (Å²) in [7, 11) is 0.